The molecule has 3 heteroatoms. The number of hydrogen-bond acceptors (Lipinski definition) is 2. The molecule has 0 aromatic rings. The fraction of sp³-hybridized carbons (Fsp3) is 1.00. The van der Waals surface area contributed by atoms with E-state index < -0.39 is 0 Å². The van der Waals surface area contributed by atoms with Gasteiger partial charge in [-0.25, -0.2) is 0 Å². The van der Waals surface area contributed by atoms with E-state index in [4.69, 9.17) is 5.11 Å². The first kappa shape index (κ1) is 9.85. The third-order valence-corrected chi connectivity index (χ3v) is 1.29. The predicted octanol–water partition coefficient (Wildman–Crippen LogP) is 0.564. The van der Waals surface area contributed by atoms with E-state index in [2.05, 4.69) is 5.32 Å². The maximum atomic E-state index is 11.5. The van der Waals surface area contributed by atoms with E-state index >= 15 is 0 Å². The number of aliphatic hydroxyl groups excluding tert-OH is 1. The van der Waals surface area contributed by atoms with E-state index in [0.717, 1.165) is 6.54 Å². The number of hydrogen-bond donors (Lipinski definition) is 2. The van der Waals surface area contributed by atoms with Crippen molar-refractivity contribution in [3.05, 3.63) is 0 Å². The van der Waals surface area contributed by atoms with Crippen LogP contribution in [0.5, 0.6) is 0 Å². The second kappa shape index (κ2) is 6.96. The molecule has 2 nitrogen and oxygen atoms in total. The predicted molar refractivity (Wildman–Crippen MR) is 39.7 cm³/mol. The number of halogens is 1. The lowest BCUT2D eigenvalue weighted by Gasteiger charge is -2.07. The summed E-state index contributed by atoms with van der Waals surface area (Å²) in [6.45, 7) is 3.36. The maximum absolute atomic E-state index is 11.5. The van der Waals surface area contributed by atoms with Crippen molar-refractivity contribution in [1.29, 1.82) is 0 Å². The minimum Gasteiger partial charge on any atom is -0.396 e. The minimum absolute atomic E-state index is 0.197. The average Bonchev–Trinajstić information content (AvgIpc) is 1.98. The van der Waals surface area contributed by atoms with Gasteiger partial charge in [0.2, 0.25) is 0 Å². The van der Waals surface area contributed by atoms with Crippen molar-refractivity contribution >= 4 is 0 Å². The first-order chi connectivity index (χ1) is 4.81. The molecular formula is C7H16FNO. The standard InChI is InChI=1S/C7H16FNO/c1-7(6-10)5-9-4-2-3-8/h7,9-10H,2-6H2,1H3. The molecule has 2 N–H and O–H groups in total. The lowest BCUT2D eigenvalue weighted by atomic mass is 10.2. The highest BCUT2D eigenvalue weighted by atomic mass is 19.1. The van der Waals surface area contributed by atoms with Crippen molar-refractivity contribution in [2.24, 2.45) is 5.92 Å². The third kappa shape index (κ3) is 5.98. The van der Waals surface area contributed by atoms with E-state index in [0.29, 0.717) is 13.0 Å². The van der Waals surface area contributed by atoms with E-state index in [-0.39, 0.29) is 19.2 Å². The van der Waals surface area contributed by atoms with Gasteiger partial charge in [-0.2, -0.15) is 0 Å². The fourth-order valence-electron chi connectivity index (χ4n) is 0.605. The Balaban J connectivity index is 2.89. The van der Waals surface area contributed by atoms with Crippen LogP contribution in [0.15, 0.2) is 0 Å². The third-order valence-electron chi connectivity index (χ3n) is 1.29. The van der Waals surface area contributed by atoms with Crippen LogP contribution in [0.4, 0.5) is 4.39 Å². The van der Waals surface area contributed by atoms with Crippen LogP contribution < -0.4 is 5.32 Å². The van der Waals surface area contributed by atoms with Gasteiger partial charge in [0.15, 0.2) is 0 Å². The van der Waals surface area contributed by atoms with Gasteiger partial charge in [0, 0.05) is 6.61 Å². The van der Waals surface area contributed by atoms with E-state index in [1.54, 1.807) is 0 Å². The summed E-state index contributed by atoms with van der Waals surface area (Å²) in [5.74, 6) is 0.277. The highest BCUT2D eigenvalue weighted by Crippen LogP contribution is 1.88. The first-order valence-electron chi connectivity index (χ1n) is 3.68. The summed E-state index contributed by atoms with van der Waals surface area (Å²) in [6.07, 6.45) is 0.568. The minimum atomic E-state index is -0.263. The zero-order valence-electron chi connectivity index (χ0n) is 6.44. The van der Waals surface area contributed by atoms with Crippen LogP contribution in [0, 0.1) is 5.92 Å². The monoisotopic (exact) mass is 149 g/mol. The summed E-state index contributed by atoms with van der Waals surface area (Å²) >= 11 is 0. The molecule has 0 saturated heterocycles. The summed E-state index contributed by atoms with van der Waals surface area (Å²) in [7, 11) is 0. The molecule has 0 aromatic heterocycles. The Bertz CT molecular complexity index is 70.6. The van der Waals surface area contributed by atoms with Crippen LogP contribution in [-0.4, -0.2) is 31.5 Å². The Morgan fingerprint density at radius 2 is 2.30 bits per heavy atom. The number of alkyl halides is 1. The molecular weight excluding hydrogens is 133 g/mol. The first-order valence-corrected chi connectivity index (χ1v) is 3.68. The highest BCUT2D eigenvalue weighted by molar-refractivity contribution is 4.54. The zero-order valence-corrected chi connectivity index (χ0v) is 6.44. The second-order valence-electron chi connectivity index (χ2n) is 2.53. The summed E-state index contributed by atoms with van der Waals surface area (Å²) < 4.78 is 11.5. The Kier molecular flexibility index (Phi) is 6.86. The van der Waals surface area contributed by atoms with Crippen LogP contribution in [0.25, 0.3) is 0 Å². The molecule has 1 unspecified atom stereocenters. The average molecular weight is 149 g/mol. The van der Waals surface area contributed by atoms with Gasteiger partial charge in [-0.15, -0.1) is 0 Å². The maximum Gasteiger partial charge on any atom is 0.0906 e. The van der Waals surface area contributed by atoms with Gasteiger partial charge in [-0.1, -0.05) is 6.92 Å². The van der Waals surface area contributed by atoms with Gasteiger partial charge in [-0.05, 0) is 25.4 Å². The fourth-order valence-corrected chi connectivity index (χ4v) is 0.605. The Hall–Kier alpha value is -0.150. The van der Waals surface area contributed by atoms with E-state index in [9.17, 15) is 4.39 Å². The molecule has 10 heavy (non-hydrogen) atoms. The van der Waals surface area contributed by atoms with Crippen molar-refractivity contribution in [2.75, 3.05) is 26.4 Å². The van der Waals surface area contributed by atoms with Crippen molar-refractivity contribution < 1.29 is 9.50 Å². The van der Waals surface area contributed by atoms with Crippen molar-refractivity contribution in [2.45, 2.75) is 13.3 Å². The van der Waals surface area contributed by atoms with E-state index in [1.807, 2.05) is 6.92 Å². The zero-order chi connectivity index (χ0) is 7.82. The second-order valence-corrected chi connectivity index (χ2v) is 2.53. The van der Waals surface area contributed by atoms with Crippen LogP contribution in [0.2, 0.25) is 0 Å². The lowest BCUT2D eigenvalue weighted by Crippen LogP contribution is -2.24. The number of rotatable bonds is 6. The SMILES string of the molecule is CC(CO)CNCCCF. The largest absolute Gasteiger partial charge is 0.396 e. The summed E-state index contributed by atoms with van der Waals surface area (Å²) in [5, 5.41) is 11.6. The summed E-state index contributed by atoms with van der Waals surface area (Å²) in [6, 6.07) is 0. The quantitative estimate of drug-likeness (QED) is 0.541. The molecule has 0 radical (unpaired) electrons. The Morgan fingerprint density at radius 3 is 2.80 bits per heavy atom. The highest BCUT2D eigenvalue weighted by Gasteiger charge is 1.96. The molecule has 0 saturated carbocycles. The molecule has 0 bridgehead atoms. The Morgan fingerprint density at radius 1 is 1.60 bits per heavy atom. The molecule has 0 amide bonds. The van der Waals surface area contributed by atoms with Gasteiger partial charge in [-0.3, -0.25) is 4.39 Å². The smallest absolute Gasteiger partial charge is 0.0906 e. The number of nitrogens with one attached hydrogen (secondary N) is 1. The van der Waals surface area contributed by atoms with Gasteiger partial charge in [0.05, 0.1) is 6.67 Å². The summed E-state index contributed by atoms with van der Waals surface area (Å²) in [5.41, 5.74) is 0. The molecule has 1 atom stereocenters. The topological polar surface area (TPSA) is 32.3 Å². The lowest BCUT2D eigenvalue weighted by molar-refractivity contribution is 0.233. The molecule has 0 fully saturated rings. The molecule has 0 aliphatic heterocycles. The van der Waals surface area contributed by atoms with Crippen LogP contribution in [0.1, 0.15) is 13.3 Å². The van der Waals surface area contributed by atoms with Crippen LogP contribution >= 0.6 is 0 Å². The summed E-state index contributed by atoms with van der Waals surface area (Å²) in [4.78, 5) is 0. The van der Waals surface area contributed by atoms with Gasteiger partial charge >= 0.3 is 0 Å². The van der Waals surface area contributed by atoms with Gasteiger partial charge in [0.1, 0.15) is 0 Å². The molecule has 0 spiro atoms. The number of aliphatic hydroxyl groups is 1. The Labute approximate surface area is 61.4 Å². The van der Waals surface area contributed by atoms with Gasteiger partial charge < -0.3 is 10.4 Å². The molecule has 0 aliphatic carbocycles. The van der Waals surface area contributed by atoms with E-state index in [1.165, 1.54) is 0 Å². The van der Waals surface area contributed by atoms with Crippen molar-refractivity contribution in [3.63, 3.8) is 0 Å². The molecule has 0 aliphatic rings. The molecule has 62 valence electrons. The van der Waals surface area contributed by atoms with Crippen LogP contribution in [0.3, 0.4) is 0 Å². The van der Waals surface area contributed by atoms with Crippen molar-refractivity contribution in [1.82, 2.24) is 5.32 Å². The molecule has 0 aromatic carbocycles. The normalized spacial score (nSPS) is 13.5. The van der Waals surface area contributed by atoms with Crippen molar-refractivity contribution in [3.8, 4) is 0 Å². The molecule has 0 rings (SSSR count). The van der Waals surface area contributed by atoms with Gasteiger partial charge in [0.25, 0.3) is 0 Å². The molecule has 0 heterocycles. The van der Waals surface area contributed by atoms with Crippen LogP contribution in [-0.2, 0) is 0 Å².